The maximum absolute atomic E-state index is 13.5. The molecule has 0 bridgehead atoms. The van der Waals surface area contributed by atoms with E-state index in [1.165, 1.54) is 0 Å². The molecule has 0 spiro atoms. The third-order valence-corrected chi connectivity index (χ3v) is 6.75. The van der Waals surface area contributed by atoms with Crippen molar-refractivity contribution < 1.29 is 18.0 Å². The number of hydrogen-bond donors (Lipinski definition) is 2. The standard InChI is InChI=1S/C25H34ClN5O4S/c1-29(2)13-12-24(32)27-22(18-19-8-10-20(26)11-9-19)25(33)31-16-14-30(15-17-31)23-7-5-4-6-21(23)28-36(3,34)35/h4-11,22,28H,12-18H2,1-3H3,(H,27,32). The Bertz CT molecular complexity index is 1150. The van der Waals surface area contributed by atoms with Gasteiger partial charge in [-0.25, -0.2) is 8.42 Å². The number of carbonyl (C=O) groups excluding carboxylic acids is 2. The van der Waals surface area contributed by atoms with Crippen molar-refractivity contribution in [2.45, 2.75) is 18.9 Å². The SMILES string of the molecule is CN(C)CCC(=O)NC(Cc1ccc(Cl)cc1)C(=O)N1CCN(c2ccccc2NS(C)(=O)=O)CC1. The van der Waals surface area contributed by atoms with Crippen LogP contribution in [0.4, 0.5) is 11.4 Å². The zero-order chi connectivity index (χ0) is 26.3. The minimum absolute atomic E-state index is 0.134. The Morgan fingerprint density at radius 2 is 1.67 bits per heavy atom. The number of anilines is 2. The van der Waals surface area contributed by atoms with Crippen LogP contribution in [0.1, 0.15) is 12.0 Å². The minimum atomic E-state index is -3.42. The van der Waals surface area contributed by atoms with Gasteiger partial charge in [0.25, 0.3) is 0 Å². The van der Waals surface area contributed by atoms with Crippen molar-refractivity contribution in [3.8, 4) is 0 Å². The molecule has 1 atom stereocenters. The fourth-order valence-corrected chi connectivity index (χ4v) is 4.77. The Balaban J connectivity index is 1.69. The summed E-state index contributed by atoms with van der Waals surface area (Å²) in [4.78, 5) is 31.8. The first-order chi connectivity index (χ1) is 17.0. The lowest BCUT2D eigenvalue weighted by Gasteiger charge is -2.38. The molecule has 1 heterocycles. The van der Waals surface area contributed by atoms with E-state index in [2.05, 4.69) is 14.9 Å². The predicted octanol–water partition coefficient (Wildman–Crippen LogP) is 2.04. The van der Waals surface area contributed by atoms with E-state index in [4.69, 9.17) is 11.6 Å². The molecule has 2 aromatic rings. The normalized spacial score (nSPS) is 15.0. The minimum Gasteiger partial charge on any atom is -0.366 e. The highest BCUT2D eigenvalue weighted by atomic mass is 35.5. The summed E-state index contributed by atoms with van der Waals surface area (Å²) in [6.45, 7) is 2.58. The van der Waals surface area contributed by atoms with Crippen LogP contribution in [0.5, 0.6) is 0 Å². The quantitative estimate of drug-likeness (QED) is 0.483. The van der Waals surface area contributed by atoms with Crippen molar-refractivity contribution in [3.05, 3.63) is 59.1 Å². The van der Waals surface area contributed by atoms with E-state index in [9.17, 15) is 18.0 Å². The molecule has 9 nitrogen and oxygen atoms in total. The molecule has 1 unspecified atom stereocenters. The average molecular weight is 536 g/mol. The van der Waals surface area contributed by atoms with Crippen molar-refractivity contribution in [1.29, 1.82) is 0 Å². The zero-order valence-corrected chi connectivity index (χ0v) is 22.5. The van der Waals surface area contributed by atoms with Gasteiger partial charge in [0.15, 0.2) is 0 Å². The van der Waals surface area contributed by atoms with Crippen LogP contribution in [0.25, 0.3) is 0 Å². The molecule has 36 heavy (non-hydrogen) atoms. The number of piperazine rings is 1. The molecular weight excluding hydrogens is 502 g/mol. The van der Waals surface area contributed by atoms with Gasteiger partial charge in [-0.05, 0) is 43.9 Å². The second kappa shape index (κ2) is 12.4. The van der Waals surface area contributed by atoms with Gasteiger partial charge in [0.2, 0.25) is 21.8 Å². The van der Waals surface area contributed by atoms with Crippen LogP contribution in [0, 0.1) is 0 Å². The van der Waals surface area contributed by atoms with Gasteiger partial charge in [0.1, 0.15) is 6.04 Å². The predicted molar refractivity (Wildman–Crippen MR) is 144 cm³/mol. The lowest BCUT2D eigenvalue weighted by atomic mass is 10.0. The summed E-state index contributed by atoms with van der Waals surface area (Å²) in [5.41, 5.74) is 2.18. The maximum atomic E-state index is 13.5. The van der Waals surface area contributed by atoms with E-state index in [0.717, 1.165) is 17.5 Å². The smallest absolute Gasteiger partial charge is 0.245 e. The highest BCUT2D eigenvalue weighted by Gasteiger charge is 2.29. The van der Waals surface area contributed by atoms with E-state index in [0.29, 0.717) is 56.3 Å². The molecule has 1 aliphatic heterocycles. The fraction of sp³-hybridized carbons (Fsp3) is 0.440. The summed E-state index contributed by atoms with van der Waals surface area (Å²) in [6, 6.07) is 13.8. The largest absolute Gasteiger partial charge is 0.366 e. The number of benzene rings is 2. The first-order valence-corrected chi connectivity index (χ1v) is 14.1. The number of sulfonamides is 1. The number of nitrogens with one attached hydrogen (secondary N) is 2. The van der Waals surface area contributed by atoms with Crippen LogP contribution < -0.4 is 14.9 Å². The molecule has 2 aromatic carbocycles. The Labute approximate surface area is 218 Å². The molecular formula is C25H34ClN5O4S. The Kier molecular flexibility index (Phi) is 9.58. The van der Waals surface area contributed by atoms with Gasteiger partial charge in [0.05, 0.1) is 17.6 Å². The van der Waals surface area contributed by atoms with Crippen molar-refractivity contribution in [1.82, 2.24) is 15.1 Å². The number of hydrogen-bond acceptors (Lipinski definition) is 6. The lowest BCUT2D eigenvalue weighted by molar-refractivity contribution is -0.136. The third-order valence-electron chi connectivity index (χ3n) is 5.90. The van der Waals surface area contributed by atoms with Gasteiger partial charge >= 0.3 is 0 Å². The van der Waals surface area contributed by atoms with Crippen LogP contribution in [-0.2, 0) is 26.0 Å². The van der Waals surface area contributed by atoms with Crippen molar-refractivity contribution in [2.75, 3.05) is 62.7 Å². The summed E-state index contributed by atoms with van der Waals surface area (Å²) in [7, 11) is 0.370. The Hall–Kier alpha value is -2.82. The fourth-order valence-electron chi connectivity index (χ4n) is 4.07. The second-order valence-electron chi connectivity index (χ2n) is 9.21. The summed E-state index contributed by atoms with van der Waals surface area (Å²) < 4.78 is 26.1. The molecule has 0 saturated carbocycles. The Morgan fingerprint density at radius 3 is 2.28 bits per heavy atom. The average Bonchev–Trinajstić information content (AvgIpc) is 2.83. The van der Waals surface area contributed by atoms with Crippen LogP contribution in [0.3, 0.4) is 0 Å². The zero-order valence-electron chi connectivity index (χ0n) is 20.9. The summed E-state index contributed by atoms with van der Waals surface area (Å²) in [5, 5.41) is 3.54. The molecule has 0 aromatic heterocycles. The maximum Gasteiger partial charge on any atom is 0.245 e. The van der Waals surface area contributed by atoms with E-state index < -0.39 is 16.1 Å². The molecule has 11 heteroatoms. The molecule has 0 radical (unpaired) electrons. The van der Waals surface area contributed by atoms with Crippen molar-refractivity contribution in [3.63, 3.8) is 0 Å². The van der Waals surface area contributed by atoms with Gasteiger partial charge in [0, 0.05) is 50.6 Å². The second-order valence-corrected chi connectivity index (χ2v) is 11.4. The molecule has 0 aliphatic carbocycles. The lowest BCUT2D eigenvalue weighted by Crippen LogP contribution is -2.55. The molecule has 3 rings (SSSR count). The number of carbonyl (C=O) groups is 2. The summed E-state index contributed by atoms with van der Waals surface area (Å²) >= 11 is 6.01. The van der Waals surface area contributed by atoms with E-state index in [-0.39, 0.29) is 11.8 Å². The molecule has 1 saturated heterocycles. The van der Waals surface area contributed by atoms with Gasteiger partial charge < -0.3 is 20.0 Å². The van der Waals surface area contributed by atoms with Crippen LogP contribution in [-0.4, -0.2) is 89.1 Å². The number of rotatable bonds is 10. The van der Waals surface area contributed by atoms with Crippen LogP contribution in [0.15, 0.2) is 48.5 Å². The molecule has 2 amide bonds. The van der Waals surface area contributed by atoms with Gasteiger partial charge in [-0.3, -0.25) is 14.3 Å². The third kappa shape index (κ3) is 8.39. The van der Waals surface area contributed by atoms with Crippen molar-refractivity contribution in [2.24, 2.45) is 0 Å². The number of amides is 2. The van der Waals surface area contributed by atoms with Gasteiger partial charge in [-0.2, -0.15) is 0 Å². The van der Waals surface area contributed by atoms with E-state index in [1.807, 2.05) is 43.3 Å². The molecule has 2 N–H and O–H groups in total. The van der Waals surface area contributed by atoms with Crippen molar-refractivity contribution >= 4 is 44.8 Å². The number of para-hydroxylation sites is 2. The highest BCUT2D eigenvalue weighted by molar-refractivity contribution is 7.92. The topological polar surface area (TPSA) is 102 Å². The van der Waals surface area contributed by atoms with Crippen LogP contribution >= 0.6 is 11.6 Å². The molecule has 1 aliphatic rings. The number of halogens is 1. The number of nitrogens with zero attached hydrogens (tertiary/aromatic N) is 3. The first-order valence-electron chi connectivity index (χ1n) is 11.8. The highest BCUT2D eigenvalue weighted by Crippen LogP contribution is 2.27. The monoisotopic (exact) mass is 535 g/mol. The summed E-state index contributed by atoms with van der Waals surface area (Å²) in [5.74, 6) is -0.305. The Morgan fingerprint density at radius 1 is 1.03 bits per heavy atom. The van der Waals surface area contributed by atoms with Gasteiger partial charge in [-0.1, -0.05) is 35.9 Å². The van der Waals surface area contributed by atoms with E-state index >= 15 is 0 Å². The van der Waals surface area contributed by atoms with E-state index in [1.54, 1.807) is 29.2 Å². The first kappa shape index (κ1) is 27.8. The van der Waals surface area contributed by atoms with Crippen LogP contribution in [0.2, 0.25) is 5.02 Å². The molecule has 1 fully saturated rings. The van der Waals surface area contributed by atoms with Gasteiger partial charge in [-0.15, -0.1) is 0 Å². The molecule has 196 valence electrons. The summed E-state index contributed by atoms with van der Waals surface area (Å²) in [6.07, 6.45) is 1.79.